The predicted molar refractivity (Wildman–Crippen MR) is 75.9 cm³/mol. The third-order valence-electron chi connectivity index (χ3n) is 4.32. The lowest BCUT2D eigenvalue weighted by Crippen LogP contribution is -2.25. The summed E-state index contributed by atoms with van der Waals surface area (Å²) in [6.07, 6.45) is 5.13. The zero-order chi connectivity index (χ0) is 13.1. The van der Waals surface area contributed by atoms with Crippen LogP contribution in [0.25, 0.3) is 0 Å². The molecule has 18 heavy (non-hydrogen) atoms. The van der Waals surface area contributed by atoms with Gasteiger partial charge in [-0.2, -0.15) is 0 Å². The molecule has 1 saturated carbocycles. The molecular formula is C14H24N4. The second-order valence-electron chi connectivity index (χ2n) is 5.32. The molecule has 2 rings (SSSR count). The summed E-state index contributed by atoms with van der Waals surface area (Å²) in [7, 11) is 1.91. The molecule has 0 radical (unpaired) electrons. The van der Waals surface area contributed by atoms with E-state index in [9.17, 15) is 0 Å². The summed E-state index contributed by atoms with van der Waals surface area (Å²) >= 11 is 0. The molecule has 1 aromatic heterocycles. The summed E-state index contributed by atoms with van der Waals surface area (Å²) in [6.45, 7) is 6.82. The smallest absolute Gasteiger partial charge is 0.134 e. The summed E-state index contributed by atoms with van der Waals surface area (Å²) in [5, 5.41) is 6.76. The molecule has 3 atom stereocenters. The van der Waals surface area contributed by atoms with Crippen molar-refractivity contribution in [3.8, 4) is 0 Å². The lowest BCUT2D eigenvalue weighted by molar-refractivity contribution is 0.435. The number of rotatable bonds is 4. The normalized spacial score (nSPS) is 27.2. The van der Waals surface area contributed by atoms with Crippen molar-refractivity contribution in [3.63, 3.8) is 0 Å². The number of hydrogen-bond donors (Lipinski definition) is 2. The van der Waals surface area contributed by atoms with Gasteiger partial charge in [-0.3, -0.25) is 0 Å². The van der Waals surface area contributed by atoms with Crippen molar-refractivity contribution in [1.29, 1.82) is 0 Å². The molecule has 3 unspecified atom stereocenters. The van der Waals surface area contributed by atoms with E-state index in [1.165, 1.54) is 18.4 Å². The zero-order valence-electron chi connectivity index (χ0n) is 11.8. The van der Waals surface area contributed by atoms with Gasteiger partial charge in [-0.1, -0.05) is 20.8 Å². The Morgan fingerprint density at radius 1 is 1.22 bits per heavy atom. The molecule has 1 aliphatic rings. The fourth-order valence-corrected chi connectivity index (χ4v) is 2.83. The molecule has 0 aliphatic heterocycles. The van der Waals surface area contributed by atoms with Crippen molar-refractivity contribution in [2.45, 2.75) is 46.1 Å². The highest BCUT2D eigenvalue weighted by atomic mass is 15.1. The van der Waals surface area contributed by atoms with Crippen LogP contribution in [0.4, 0.5) is 11.6 Å². The molecule has 2 N–H and O–H groups in total. The lowest BCUT2D eigenvalue weighted by Gasteiger charge is -2.22. The molecule has 0 aromatic carbocycles. The maximum Gasteiger partial charge on any atom is 0.134 e. The van der Waals surface area contributed by atoms with Crippen LogP contribution in [0, 0.1) is 11.8 Å². The van der Waals surface area contributed by atoms with Crippen molar-refractivity contribution in [3.05, 3.63) is 11.9 Å². The molecule has 0 bridgehead atoms. The van der Waals surface area contributed by atoms with Gasteiger partial charge in [-0.25, -0.2) is 9.97 Å². The number of nitrogens with zero attached hydrogens (tertiary/aromatic N) is 2. The number of aromatic nitrogens is 2. The van der Waals surface area contributed by atoms with Crippen LogP contribution < -0.4 is 10.6 Å². The number of anilines is 2. The van der Waals surface area contributed by atoms with Crippen molar-refractivity contribution < 1.29 is 0 Å². The van der Waals surface area contributed by atoms with E-state index < -0.39 is 0 Å². The van der Waals surface area contributed by atoms with Crippen LogP contribution in [0.5, 0.6) is 0 Å². The molecule has 1 aromatic rings. The van der Waals surface area contributed by atoms with Crippen LogP contribution in [-0.2, 0) is 6.42 Å². The number of hydrogen-bond acceptors (Lipinski definition) is 4. The highest BCUT2D eigenvalue weighted by molar-refractivity contribution is 5.57. The third-order valence-corrected chi connectivity index (χ3v) is 4.32. The summed E-state index contributed by atoms with van der Waals surface area (Å²) in [5.74, 6) is 3.46. The van der Waals surface area contributed by atoms with Gasteiger partial charge in [0, 0.05) is 18.7 Å². The Balaban J connectivity index is 2.19. The Morgan fingerprint density at radius 3 is 2.50 bits per heavy atom. The number of nitrogens with one attached hydrogen (secondary N) is 2. The first-order valence-electron chi connectivity index (χ1n) is 6.95. The Labute approximate surface area is 110 Å². The summed E-state index contributed by atoms with van der Waals surface area (Å²) in [6, 6.07) is 0.546. The molecule has 0 spiro atoms. The Bertz CT molecular complexity index is 405. The van der Waals surface area contributed by atoms with Gasteiger partial charge in [-0.15, -0.1) is 0 Å². The second kappa shape index (κ2) is 5.55. The van der Waals surface area contributed by atoms with E-state index in [0.717, 1.165) is 24.0 Å². The van der Waals surface area contributed by atoms with Gasteiger partial charge < -0.3 is 10.6 Å². The summed E-state index contributed by atoms with van der Waals surface area (Å²) in [4.78, 5) is 8.69. The SMILES string of the molecule is CCc1c(NC)ncnc1NC1CCC(C)C1C. The van der Waals surface area contributed by atoms with Gasteiger partial charge in [0.1, 0.15) is 18.0 Å². The third kappa shape index (κ3) is 2.42. The van der Waals surface area contributed by atoms with Gasteiger partial charge in [-0.05, 0) is 31.1 Å². The molecule has 100 valence electrons. The fourth-order valence-electron chi connectivity index (χ4n) is 2.83. The molecule has 4 heteroatoms. The molecular weight excluding hydrogens is 224 g/mol. The van der Waals surface area contributed by atoms with Crippen LogP contribution in [-0.4, -0.2) is 23.1 Å². The maximum absolute atomic E-state index is 4.42. The van der Waals surface area contributed by atoms with Crippen molar-refractivity contribution in [1.82, 2.24) is 9.97 Å². The Morgan fingerprint density at radius 2 is 1.94 bits per heavy atom. The van der Waals surface area contributed by atoms with E-state index in [-0.39, 0.29) is 0 Å². The summed E-state index contributed by atoms with van der Waals surface area (Å²) in [5.41, 5.74) is 1.19. The van der Waals surface area contributed by atoms with E-state index in [4.69, 9.17) is 0 Å². The standard InChI is InChI=1S/C14H24N4/c1-5-11-13(15-4)16-8-17-14(11)18-12-7-6-9(2)10(12)3/h8-10,12H,5-7H2,1-4H3,(H2,15,16,17,18). The van der Waals surface area contributed by atoms with Gasteiger partial charge in [0.25, 0.3) is 0 Å². The van der Waals surface area contributed by atoms with E-state index >= 15 is 0 Å². The van der Waals surface area contributed by atoms with Crippen LogP contribution in [0.1, 0.15) is 39.2 Å². The van der Waals surface area contributed by atoms with Crippen molar-refractivity contribution in [2.75, 3.05) is 17.7 Å². The topological polar surface area (TPSA) is 49.8 Å². The molecule has 4 nitrogen and oxygen atoms in total. The minimum atomic E-state index is 0.546. The van der Waals surface area contributed by atoms with E-state index in [1.54, 1.807) is 6.33 Å². The van der Waals surface area contributed by atoms with Crippen LogP contribution in [0.3, 0.4) is 0 Å². The van der Waals surface area contributed by atoms with Gasteiger partial charge in [0.05, 0.1) is 0 Å². The zero-order valence-corrected chi connectivity index (χ0v) is 11.8. The van der Waals surface area contributed by atoms with E-state index in [2.05, 4.69) is 41.4 Å². The average Bonchev–Trinajstić information content (AvgIpc) is 2.70. The average molecular weight is 248 g/mol. The first kappa shape index (κ1) is 13.1. The first-order chi connectivity index (χ1) is 8.67. The van der Waals surface area contributed by atoms with Crippen molar-refractivity contribution in [2.24, 2.45) is 11.8 Å². The Hall–Kier alpha value is -1.32. The highest BCUT2D eigenvalue weighted by Crippen LogP contribution is 2.34. The quantitative estimate of drug-likeness (QED) is 0.860. The molecule has 0 saturated heterocycles. The minimum Gasteiger partial charge on any atom is -0.373 e. The molecule has 1 fully saturated rings. The second-order valence-corrected chi connectivity index (χ2v) is 5.32. The van der Waals surface area contributed by atoms with Gasteiger partial charge in [0.2, 0.25) is 0 Å². The van der Waals surface area contributed by atoms with Crippen LogP contribution in [0.15, 0.2) is 6.33 Å². The van der Waals surface area contributed by atoms with Crippen LogP contribution in [0.2, 0.25) is 0 Å². The predicted octanol–water partition coefficient (Wildman–Crippen LogP) is 2.93. The molecule has 1 aliphatic carbocycles. The van der Waals surface area contributed by atoms with Gasteiger partial charge >= 0.3 is 0 Å². The van der Waals surface area contributed by atoms with Crippen molar-refractivity contribution >= 4 is 11.6 Å². The fraction of sp³-hybridized carbons (Fsp3) is 0.714. The molecule has 1 heterocycles. The highest BCUT2D eigenvalue weighted by Gasteiger charge is 2.30. The van der Waals surface area contributed by atoms with Gasteiger partial charge in [0.15, 0.2) is 0 Å². The van der Waals surface area contributed by atoms with E-state index in [1.807, 2.05) is 7.05 Å². The Kier molecular flexibility index (Phi) is 4.04. The minimum absolute atomic E-state index is 0.546. The maximum atomic E-state index is 4.42. The molecule has 0 amide bonds. The van der Waals surface area contributed by atoms with E-state index in [0.29, 0.717) is 12.0 Å². The lowest BCUT2D eigenvalue weighted by atomic mass is 9.97. The monoisotopic (exact) mass is 248 g/mol. The largest absolute Gasteiger partial charge is 0.373 e. The summed E-state index contributed by atoms with van der Waals surface area (Å²) < 4.78 is 0. The van der Waals surface area contributed by atoms with Crippen LogP contribution >= 0.6 is 0 Å². The first-order valence-corrected chi connectivity index (χ1v) is 6.95.